The standard InChI is InChI=1S/C17H15NO3/c1-20-11-7-8-16(21-2)13(9-11)17(19)14-10-18-15-6-4-3-5-12(14)15/h3-10,18H,1-2H3. The van der Waals surface area contributed by atoms with Crippen LogP contribution in [-0.4, -0.2) is 25.0 Å². The van der Waals surface area contributed by atoms with E-state index < -0.39 is 0 Å². The number of para-hydroxylation sites is 1. The molecule has 0 radical (unpaired) electrons. The topological polar surface area (TPSA) is 51.3 Å². The summed E-state index contributed by atoms with van der Waals surface area (Å²) >= 11 is 0. The molecule has 4 nitrogen and oxygen atoms in total. The molecule has 0 amide bonds. The normalized spacial score (nSPS) is 10.6. The molecule has 2 aromatic carbocycles. The smallest absolute Gasteiger partial charge is 0.199 e. The molecule has 0 fully saturated rings. The molecule has 3 rings (SSSR count). The summed E-state index contributed by atoms with van der Waals surface area (Å²) in [6.45, 7) is 0. The van der Waals surface area contributed by atoms with Crippen molar-refractivity contribution in [2.75, 3.05) is 14.2 Å². The zero-order valence-corrected chi connectivity index (χ0v) is 11.8. The molecule has 1 N–H and O–H groups in total. The largest absolute Gasteiger partial charge is 0.497 e. The lowest BCUT2D eigenvalue weighted by Crippen LogP contribution is -2.04. The van der Waals surface area contributed by atoms with E-state index in [9.17, 15) is 4.79 Å². The van der Waals surface area contributed by atoms with Gasteiger partial charge in [0.1, 0.15) is 11.5 Å². The van der Waals surface area contributed by atoms with Gasteiger partial charge in [-0.3, -0.25) is 4.79 Å². The number of hydrogen-bond donors (Lipinski definition) is 1. The summed E-state index contributed by atoms with van der Waals surface area (Å²) in [6, 6.07) is 12.9. The Bertz CT molecular complexity index is 805. The fourth-order valence-corrected chi connectivity index (χ4v) is 2.40. The summed E-state index contributed by atoms with van der Waals surface area (Å²) in [5.74, 6) is 1.06. The van der Waals surface area contributed by atoms with Crippen molar-refractivity contribution in [3.63, 3.8) is 0 Å². The van der Waals surface area contributed by atoms with E-state index in [0.29, 0.717) is 22.6 Å². The number of fused-ring (bicyclic) bond motifs is 1. The van der Waals surface area contributed by atoms with Crippen LogP contribution in [0.25, 0.3) is 10.9 Å². The van der Waals surface area contributed by atoms with E-state index in [-0.39, 0.29) is 5.78 Å². The quantitative estimate of drug-likeness (QED) is 0.745. The Hall–Kier alpha value is -2.75. The third-order valence-electron chi connectivity index (χ3n) is 3.49. The minimum atomic E-state index is -0.0943. The van der Waals surface area contributed by atoms with Crippen LogP contribution in [0.2, 0.25) is 0 Å². The van der Waals surface area contributed by atoms with Crippen LogP contribution in [0.3, 0.4) is 0 Å². The van der Waals surface area contributed by atoms with E-state index in [1.54, 1.807) is 38.6 Å². The molecule has 0 saturated carbocycles. The summed E-state index contributed by atoms with van der Waals surface area (Å²) < 4.78 is 10.5. The van der Waals surface area contributed by atoms with E-state index in [1.807, 2.05) is 24.3 Å². The van der Waals surface area contributed by atoms with E-state index in [4.69, 9.17) is 9.47 Å². The van der Waals surface area contributed by atoms with Crippen molar-refractivity contribution >= 4 is 16.7 Å². The van der Waals surface area contributed by atoms with Crippen molar-refractivity contribution in [1.82, 2.24) is 4.98 Å². The fraction of sp³-hybridized carbons (Fsp3) is 0.118. The molecule has 106 valence electrons. The van der Waals surface area contributed by atoms with Crippen LogP contribution in [0.1, 0.15) is 15.9 Å². The third kappa shape index (κ3) is 2.25. The van der Waals surface area contributed by atoms with Gasteiger partial charge in [0.2, 0.25) is 0 Å². The fourth-order valence-electron chi connectivity index (χ4n) is 2.40. The van der Waals surface area contributed by atoms with E-state index >= 15 is 0 Å². The molecular formula is C17H15NO3. The van der Waals surface area contributed by atoms with Gasteiger partial charge < -0.3 is 14.5 Å². The molecule has 4 heteroatoms. The minimum Gasteiger partial charge on any atom is -0.497 e. The Labute approximate surface area is 122 Å². The second-order valence-corrected chi connectivity index (χ2v) is 4.64. The molecule has 0 atom stereocenters. The number of aromatic amines is 1. The highest BCUT2D eigenvalue weighted by atomic mass is 16.5. The zero-order chi connectivity index (χ0) is 14.8. The summed E-state index contributed by atoms with van der Waals surface area (Å²) in [7, 11) is 3.12. The van der Waals surface area contributed by atoms with E-state index in [1.165, 1.54) is 0 Å². The molecule has 0 unspecified atom stereocenters. The van der Waals surface area contributed by atoms with Gasteiger partial charge in [0.25, 0.3) is 0 Å². The van der Waals surface area contributed by atoms with Crippen molar-refractivity contribution in [2.24, 2.45) is 0 Å². The maximum Gasteiger partial charge on any atom is 0.199 e. The molecule has 0 saturated heterocycles. The van der Waals surface area contributed by atoms with Crippen molar-refractivity contribution in [2.45, 2.75) is 0 Å². The van der Waals surface area contributed by atoms with Crippen molar-refractivity contribution in [1.29, 1.82) is 0 Å². The summed E-state index contributed by atoms with van der Waals surface area (Å²) in [5.41, 5.74) is 2.04. The number of benzene rings is 2. The lowest BCUT2D eigenvalue weighted by Gasteiger charge is -2.09. The number of H-pyrrole nitrogens is 1. The summed E-state index contributed by atoms with van der Waals surface area (Å²) in [6.07, 6.45) is 1.73. The molecule has 0 aliphatic carbocycles. The highest BCUT2D eigenvalue weighted by Gasteiger charge is 2.18. The Morgan fingerprint density at radius 2 is 1.81 bits per heavy atom. The van der Waals surface area contributed by atoms with Gasteiger partial charge in [-0.25, -0.2) is 0 Å². The highest BCUT2D eigenvalue weighted by Crippen LogP contribution is 2.28. The number of rotatable bonds is 4. The molecule has 0 bridgehead atoms. The minimum absolute atomic E-state index is 0.0943. The maximum absolute atomic E-state index is 12.8. The molecule has 0 aliphatic rings. The van der Waals surface area contributed by atoms with Gasteiger partial charge >= 0.3 is 0 Å². The van der Waals surface area contributed by atoms with Gasteiger partial charge in [-0.2, -0.15) is 0 Å². The Morgan fingerprint density at radius 1 is 1.00 bits per heavy atom. The van der Waals surface area contributed by atoms with E-state index in [2.05, 4.69) is 4.98 Å². The Balaban J connectivity index is 2.13. The summed E-state index contributed by atoms with van der Waals surface area (Å²) in [4.78, 5) is 15.9. The van der Waals surface area contributed by atoms with Crippen molar-refractivity contribution in [3.8, 4) is 11.5 Å². The average molecular weight is 281 g/mol. The van der Waals surface area contributed by atoms with Crippen molar-refractivity contribution in [3.05, 3.63) is 59.8 Å². The molecular weight excluding hydrogens is 266 g/mol. The lowest BCUT2D eigenvalue weighted by molar-refractivity contribution is 0.103. The zero-order valence-electron chi connectivity index (χ0n) is 11.8. The first-order valence-corrected chi connectivity index (χ1v) is 6.57. The predicted molar refractivity (Wildman–Crippen MR) is 81.3 cm³/mol. The number of methoxy groups -OCH3 is 2. The van der Waals surface area contributed by atoms with Crippen LogP contribution < -0.4 is 9.47 Å². The van der Waals surface area contributed by atoms with Crippen LogP contribution in [0.4, 0.5) is 0 Å². The number of aromatic nitrogens is 1. The van der Waals surface area contributed by atoms with Gasteiger partial charge in [0.15, 0.2) is 5.78 Å². The molecule has 0 aliphatic heterocycles. The highest BCUT2D eigenvalue weighted by molar-refractivity contribution is 6.17. The molecule has 21 heavy (non-hydrogen) atoms. The number of carbonyl (C=O) groups is 1. The first-order valence-electron chi connectivity index (χ1n) is 6.57. The van der Waals surface area contributed by atoms with Crippen LogP contribution in [-0.2, 0) is 0 Å². The number of nitrogens with one attached hydrogen (secondary N) is 1. The molecule has 3 aromatic rings. The van der Waals surface area contributed by atoms with E-state index in [0.717, 1.165) is 10.9 Å². The van der Waals surface area contributed by atoms with Gasteiger partial charge in [-0.05, 0) is 24.3 Å². The predicted octanol–water partition coefficient (Wildman–Crippen LogP) is 3.42. The first kappa shape index (κ1) is 13.2. The number of carbonyl (C=O) groups excluding carboxylic acids is 1. The Morgan fingerprint density at radius 3 is 2.57 bits per heavy atom. The van der Waals surface area contributed by atoms with Gasteiger partial charge in [0.05, 0.1) is 19.8 Å². The molecule has 0 spiro atoms. The third-order valence-corrected chi connectivity index (χ3v) is 3.49. The first-order chi connectivity index (χ1) is 10.2. The van der Waals surface area contributed by atoms with Crippen LogP contribution >= 0.6 is 0 Å². The summed E-state index contributed by atoms with van der Waals surface area (Å²) in [5, 5.41) is 0.896. The molecule has 1 aromatic heterocycles. The average Bonchev–Trinajstić information content (AvgIpc) is 2.97. The number of hydrogen-bond acceptors (Lipinski definition) is 3. The molecule has 1 heterocycles. The second kappa shape index (κ2) is 5.32. The maximum atomic E-state index is 12.8. The van der Waals surface area contributed by atoms with Crippen LogP contribution in [0.15, 0.2) is 48.7 Å². The van der Waals surface area contributed by atoms with Crippen LogP contribution in [0.5, 0.6) is 11.5 Å². The van der Waals surface area contributed by atoms with Gasteiger partial charge in [-0.15, -0.1) is 0 Å². The van der Waals surface area contributed by atoms with Crippen molar-refractivity contribution < 1.29 is 14.3 Å². The monoisotopic (exact) mass is 281 g/mol. The number of ether oxygens (including phenoxy) is 2. The SMILES string of the molecule is COc1ccc(OC)c(C(=O)c2c[nH]c3ccccc23)c1. The van der Waals surface area contributed by atoms with Gasteiger partial charge in [0, 0.05) is 22.7 Å². The lowest BCUT2D eigenvalue weighted by atomic mass is 10.0. The van der Waals surface area contributed by atoms with Gasteiger partial charge in [-0.1, -0.05) is 18.2 Å². The second-order valence-electron chi connectivity index (χ2n) is 4.64. The Kier molecular flexibility index (Phi) is 3.36. The van der Waals surface area contributed by atoms with Crippen LogP contribution in [0, 0.1) is 0 Å². The number of ketones is 1.